The van der Waals surface area contributed by atoms with Crippen LogP contribution in [0.5, 0.6) is 0 Å². The van der Waals surface area contributed by atoms with E-state index in [4.69, 9.17) is 11.6 Å². The molecule has 1 heterocycles. The van der Waals surface area contributed by atoms with Crippen LogP contribution in [0.3, 0.4) is 0 Å². The molecule has 3 nitrogen and oxygen atoms in total. The van der Waals surface area contributed by atoms with Gasteiger partial charge in [-0.3, -0.25) is 0 Å². The van der Waals surface area contributed by atoms with Crippen molar-refractivity contribution in [3.8, 4) is 0 Å². The summed E-state index contributed by atoms with van der Waals surface area (Å²) in [6.45, 7) is 1.79. The molecule has 1 aromatic heterocycles. The molecule has 0 atom stereocenters. The number of hydrogen-bond acceptors (Lipinski definition) is 3. The summed E-state index contributed by atoms with van der Waals surface area (Å²) in [6.07, 6.45) is 0. The molecule has 0 unspecified atom stereocenters. The molecule has 0 aliphatic rings. The lowest BCUT2D eigenvalue weighted by Crippen LogP contribution is -2.21. The van der Waals surface area contributed by atoms with Gasteiger partial charge in [-0.05, 0) is 18.6 Å². The maximum atomic E-state index is 11.6. The van der Waals surface area contributed by atoms with E-state index in [1.54, 1.807) is 13.0 Å². The Balaban J connectivity index is 3.24. The monoisotopic (exact) mass is 239 g/mol. The van der Waals surface area contributed by atoms with Crippen molar-refractivity contribution in [2.75, 3.05) is 14.1 Å². The van der Waals surface area contributed by atoms with E-state index >= 15 is 0 Å². The number of aryl methyl sites for hydroxylation is 1. The standard InChI is InChI=1S/C7H10ClNO2S2/c1-5-4-6(12-7(5)8)13(10,11)9(2)3/h4H,1-3H3. The fourth-order valence-corrected chi connectivity index (χ4v) is 3.62. The normalized spacial score (nSPS) is 12.4. The molecule has 6 heteroatoms. The Labute approximate surface area is 87.0 Å². The maximum absolute atomic E-state index is 11.6. The lowest BCUT2D eigenvalue weighted by molar-refractivity contribution is 0.523. The molecule has 0 aromatic carbocycles. The molecule has 74 valence electrons. The van der Waals surface area contributed by atoms with E-state index in [1.165, 1.54) is 18.4 Å². The van der Waals surface area contributed by atoms with Crippen molar-refractivity contribution in [2.45, 2.75) is 11.1 Å². The Kier molecular flexibility index (Phi) is 3.01. The van der Waals surface area contributed by atoms with Crippen molar-refractivity contribution in [2.24, 2.45) is 0 Å². The van der Waals surface area contributed by atoms with Crippen LogP contribution in [0, 0.1) is 6.92 Å². The van der Waals surface area contributed by atoms with Crippen molar-refractivity contribution in [1.29, 1.82) is 0 Å². The number of nitrogens with zero attached hydrogens (tertiary/aromatic N) is 1. The first-order valence-corrected chi connectivity index (χ1v) is 6.17. The van der Waals surface area contributed by atoms with Crippen LogP contribution in [0.2, 0.25) is 4.34 Å². The van der Waals surface area contributed by atoms with Crippen molar-refractivity contribution in [1.82, 2.24) is 4.31 Å². The number of halogens is 1. The second-order valence-electron chi connectivity index (χ2n) is 2.81. The number of rotatable bonds is 2. The molecule has 0 fully saturated rings. The molecule has 13 heavy (non-hydrogen) atoms. The van der Waals surface area contributed by atoms with Gasteiger partial charge in [-0.2, -0.15) is 0 Å². The topological polar surface area (TPSA) is 37.4 Å². The Bertz CT molecular complexity index is 389. The van der Waals surface area contributed by atoms with Gasteiger partial charge >= 0.3 is 0 Å². The van der Waals surface area contributed by atoms with E-state index < -0.39 is 10.0 Å². The SMILES string of the molecule is Cc1cc(S(=O)(=O)N(C)C)sc1Cl. The minimum absolute atomic E-state index is 0.292. The van der Waals surface area contributed by atoms with Gasteiger partial charge in [0.25, 0.3) is 10.0 Å². The Morgan fingerprint density at radius 3 is 2.31 bits per heavy atom. The Morgan fingerprint density at radius 1 is 1.46 bits per heavy atom. The first-order valence-electron chi connectivity index (χ1n) is 3.54. The van der Waals surface area contributed by atoms with Crippen LogP contribution in [0.4, 0.5) is 0 Å². The fourth-order valence-electron chi connectivity index (χ4n) is 0.739. The van der Waals surface area contributed by atoms with Gasteiger partial charge in [-0.15, -0.1) is 11.3 Å². The largest absolute Gasteiger partial charge is 0.252 e. The third-order valence-electron chi connectivity index (χ3n) is 1.57. The van der Waals surface area contributed by atoms with Gasteiger partial charge in [-0.1, -0.05) is 11.6 Å². The highest BCUT2D eigenvalue weighted by molar-refractivity contribution is 7.91. The number of hydrogen-bond donors (Lipinski definition) is 0. The van der Waals surface area contributed by atoms with Crippen molar-refractivity contribution in [3.05, 3.63) is 16.0 Å². The summed E-state index contributed by atoms with van der Waals surface area (Å²) < 4.78 is 25.1. The predicted molar refractivity (Wildman–Crippen MR) is 54.9 cm³/mol. The van der Waals surface area contributed by atoms with Crippen LogP contribution in [-0.2, 0) is 10.0 Å². The molecule has 0 saturated carbocycles. The van der Waals surface area contributed by atoms with Crippen LogP contribution < -0.4 is 0 Å². The van der Waals surface area contributed by atoms with E-state index in [2.05, 4.69) is 0 Å². The first kappa shape index (κ1) is 11.0. The molecule has 0 aliphatic carbocycles. The molecule has 0 spiro atoms. The minimum Gasteiger partial charge on any atom is -0.206 e. The zero-order valence-electron chi connectivity index (χ0n) is 7.54. The van der Waals surface area contributed by atoms with Crippen LogP contribution in [0.15, 0.2) is 10.3 Å². The van der Waals surface area contributed by atoms with Crippen LogP contribution in [-0.4, -0.2) is 26.8 Å². The highest BCUT2D eigenvalue weighted by Gasteiger charge is 2.20. The second kappa shape index (κ2) is 3.57. The molecule has 0 saturated heterocycles. The minimum atomic E-state index is -3.31. The lowest BCUT2D eigenvalue weighted by atomic mass is 10.4. The average Bonchev–Trinajstić information content (AvgIpc) is 2.32. The van der Waals surface area contributed by atoms with E-state index in [1.807, 2.05) is 0 Å². The third-order valence-corrected chi connectivity index (χ3v) is 5.39. The van der Waals surface area contributed by atoms with Gasteiger partial charge in [0, 0.05) is 14.1 Å². The summed E-state index contributed by atoms with van der Waals surface area (Å²) in [5.74, 6) is 0. The highest BCUT2D eigenvalue weighted by Crippen LogP contribution is 2.31. The number of thiophene rings is 1. The molecular weight excluding hydrogens is 230 g/mol. The van der Waals surface area contributed by atoms with E-state index in [0.29, 0.717) is 8.55 Å². The summed E-state index contributed by atoms with van der Waals surface area (Å²) in [4.78, 5) is 0. The molecule has 0 N–H and O–H groups in total. The van der Waals surface area contributed by atoms with Crippen LogP contribution in [0.1, 0.15) is 5.56 Å². The summed E-state index contributed by atoms with van der Waals surface area (Å²) >= 11 is 6.86. The third kappa shape index (κ3) is 2.04. The molecule has 0 bridgehead atoms. The molecule has 0 radical (unpaired) electrons. The summed E-state index contributed by atoms with van der Waals surface area (Å²) in [5.41, 5.74) is 0.798. The van der Waals surface area contributed by atoms with Crippen LogP contribution in [0.25, 0.3) is 0 Å². The first-order chi connectivity index (χ1) is 5.85. The zero-order chi connectivity index (χ0) is 10.2. The van der Waals surface area contributed by atoms with E-state index in [0.717, 1.165) is 16.9 Å². The van der Waals surface area contributed by atoms with Gasteiger partial charge in [0.2, 0.25) is 0 Å². The van der Waals surface area contributed by atoms with Gasteiger partial charge < -0.3 is 0 Å². The van der Waals surface area contributed by atoms with E-state index in [-0.39, 0.29) is 0 Å². The molecule has 0 amide bonds. The smallest absolute Gasteiger partial charge is 0.206 e. The Hall–Kier alpha value is -0.100. The Morgan fingerprint density at radius 2 is 2.00 bits per heavy atom. The van der Waals surface area contributed by atoms with Gasteiger partial charge in [0.15, 0.2) is 0 Å². The van der Waals surface area contributed by atoms with Crippen molar-refractivity contribution >= 4 is 33.0 Å². The molecular formula is C7H10ClNO2S2. The van der Waals surface area contributed by atoms with Crippen molar-refractivity contribution < 1.29 is 8.42 Å². The highest BCUT2D eigenvalue weighted by atomic mass is 35.5. The van der Waals surface area contributed by atoms with Gasteiger partial charge in [0.1, 0.15) is 4.21 Å². The molecule has 1 aromatic rings. The van der Waals surface area contributed by atoms with Crippen LogP contribution >= 0.6 is 22.9 Å². The van der Waals surface area contributed by atoms with Gasteiger partial charge in [-0.25, -0.2) is 12.7 Å². The average molecular weight is 240 g/mol. The second-order valence-corrected chi connectivity index (χ2v) is 6.84. The summed E-state index contributed by atoms with van der Waals surface area (Å²) in [6, 6.07) is 1.59. The maximum Gasteiger partial charge on any atom is 0.252 e. The zero-order valence-corrected chi connectivity index (χ0v) is 9.92. The lowest BCUT2D eigenvalue weighted by Gasteiger charge is -2.07. The van der Waals surface area contributed by atoms with E-state index in [9.17, 15) is 8.42 Å². The van der Waals surface area contributed by atoms with Crippen molar-refractivity contribution in [3.63, 3.8) is 0 Å². The fraction of sp³-hybridized carbons (Fsp3) is 0.429. The quantitative estimate of drug-likeness (QED) is 0.791. The summed E-state index contributed by atoms with van der Waals surface area (Å²) in [7, 11) is -0.315. The number of sulfonamides is 1. The predicted octanol–water partition coefficient (Wildman–Crippen LogP) is 1.96. The molecule has 0 aliphatic heterocycles. The molecule has 1 rings (SSSR count). The van der Waals surface area contributed by atoms with Gasteiger partial charge in [0.05, 0.1) is 4.34 Å². The summed E-state index contributed by atoms with van der Waals surface area (Å²) in [5, 5.41) is 0.